The quantitative estimate of drug-likeness (QED) is 0.528. The number of nitrogens with one attached hydrogen (secondary N) is 1. The summed E-state index contributed by atoms with van der Waals surface area (Å²) in [5.74, 6) is -1.32. The fourth-order valence-electron chi connectivity index (χ4n) is 3.34. The number of allylic oxidation sites excluding steroid dienone is 2. The van der Waals surface area contributed by atoms with Crippen molar-refractivity contribution in [2.24, 2.45) is 29.6 Å². The Morgan fingerprint density at radius 3 is 2.57 bits per heavy atom. The van der Waals surface area contributed by atoms with Gasteiger partial charge in [-0.25, -0.2) is 0 Å². The molecule has 118 valence electrons. The predicted octanol–water partition coefficient (Wildman–Crippen LogP) is 1.69. The van der Waals surface area contributed by atoms with Crippen LogP contribution in [0.25, 0.3) is 0 Å². The lowest BCUT2D eigenvalue weighted by atomic mass is 9.82. The second-order valence-corrected chi connectivity index (χ2v) is 6.45. The van der Waals surface area contributed by atoms with Gasteiger partial charge in [-0.1, -0.05) is 26.0 Å². The zero-order valence-corrected chi connectivity index (χ0v) is 12.7. The number of carboxylic acid groups (broad SMARTS) is 1. The van der Waals surface area contributed by atoms with Gasteiger partial charge in [0.2, 0.25) is 5.91 Å². The number of carbonyl (C=O) groups is 2. The molecule has 0 spiro atoms. The fraction of sp³-hybridized carbons (Fsp3) is 0.750. The molecule has 0 aromatic heterocycles. The first-order chi connectivity index (χ1) is 10.0. The highest BCUT2D eigenvalue weighted by atomic mass is 16.5. The van der Waals surface area contributed by atoms with Crippen LogP contribution < -0.4 is 5.32 Å². The second kappa shape index (κ2) is 7.07. The van der Waals surface area contributed by atoms with E-state index in [0.717, 1.165) is 19.4 Å². The van der Waals surface area contributed by atoms with E-state index in [2.05, 4.69) is 19.2 Å². The molecule has 1 saturated carbocycles. The smallest absolute Gasteiger partial charge is 0.307 e. The maximum Gasteiger partial charge on any atom is 0.307 e. The van der Waals surface area contributed by atoms with Crippen molar-refractivity contribution in [2.75, 3.05) is 19.8 Å². The van der Waals surface area contributed by atoms with E-state index in [0.29, 0.717) is 19.1 Å². The standard InChI is InChI=1S/C16H25NO4/c1-10(2)9-21-7-3-6-17-15(18)13-11-4-5-12(8-11)14(13)16(19)20/h4-5,10-14H,3,6-9H2,1-2H3,(H,17,18)(H,19,20). The van der Waals surface area contributed by atoms with Crippen LogP contribution in [-0.4, -0.2) is 36.7 Å². The number of carboxylic acids is 1. The molecule has 0 saturated heterocycles. The van der Waals surface area contributed by atoms with E-state index >= 15 is 0 Å². The molecule has 0 aliphatic heterocycles. The Labute approximate surface area is 125 Å². The topological polar surface area (TPSA) is 75.6 Å². The first-order valence-corrected chi connectivity index (χ1v) is 7.77. The molecule has 4 unspecified atom stereocenters. The summed E-state index contributed by atoms with van der Waals surface area (Å²) < 4.78 is 5.45. The number of fused-ring (bicyclic) bond motifs is 2. The van der Waals surface area contributed by atoms with Crippen LogP contribution in [0.15, 0.2) is 12.2 Å². The highest BCUT2D eigenvalue weighted by Gasteiger charge is 2.51. The van der Waals surface area contributed by atoms with Crippen molar-refractivity contribution < 1.29 is 19.4 Å². The number of amides is 1. The summed E-state index contributed by atoms with van der Waals surface area (Å²) in [6.45, 7) is 6.08. The molecule has 2 bridgehead atoms. The van der Waals surface area contributed by atoms with Gasteiger partial charge in [0.05, 0.1) is 11.8 Å². The van der Waals surface area contributed by atoms with Crippen molar-refractivity contribution in [3.05, 3.63) is 12.2 Å². The molecular formula is C16H25NO4. The summed E-state index contributed by atoms with van der Waals surface area (Å²) in [7, 11) is 0. The minimum atomic E-state index is -0.854. The molecule has 5 heteroatoms. The Balaban J connectivity index is 1.73. The van der Waals surface area contributed by atoms with Crippen molar-refractivity contribution in [3.8, 4) is 0 Å². The molecule has 2 N–H and O–H groups in total. The predicted molar refractivity (Wildman–Crippen MR) is 78.6 cm³/mol. The molecule has 0 aromatic carbocycles. The van der Waals surface area contributed by atoms with Gasteiger partial charge in [-0.2, -0.15) is 0 Å². The Morgan fingerprint density at radius 2 is 1.95 bits per heavy atom. The Hall–Kier alpha value is -1.36. The van der Waals surface area contributed by atoms with Crippen LogP contribution in [0.4, 0.5) is 0 Å². The van der Waals surface area contributed by atoms with Crippen molar-refractivity contribution in [2.45, 2.75) is 26.7 Å². The molecule has 1 amide bonds. The lowest BCUT2D eigenvalue weighted by Crippen LogP contribution is -2.40. The SMILES string of the molecule is CC(C)COCCCNC(=O)C1C2C=CC(C2)C1C(=O)O. The van der Waals surface area contributed by atoms with E-state index in [1.165, 1.54) is 0 Å². The largest absolute Gasteiger partial charge is 0.481 e. The molecule has 2 aliphatic carbocycles. The third kappa shape index (κ3) is 3.84. The van der Waals surface area contributed by atoms with E-state index in [1.54, 1.807) is 0 Å². The Bertz CT molecular complexity index is 419. The van der Waals surface area contributed by atoms with Crippen molar-refractivity contribution >= 4 is 11.9 Å². The number of hydrogen-bond donors (Lipinski definition) is 2. The van der Waals surface area contributed by atoms with Crippen LogP contribution in [-0.2, 0) is 14.3 Å². The molecular weight excluding hydrogens is 270 g/mol. The second-order valence-electron chi connectivity index (χ2n) is 6.45. The lowest BCUT2D eigenvalue weighted by Gasteiger charge is -2.23. The van der Waals surface area contributed by atoms with E-state index in [4.69, 9.17) is 4.74 Å². The van der Waals surface area contributed by atoms with Gasteiger partial charge in [-0.05, 0) is 30.6 Å². The van der Waals surface area contributed by atoms with Gasteiger partial charge in [0.1, 0.15) is 0 Å². The van der Waals surface area contributed by atoms with E-state index in [9.17, 15) is 14.7 Å². The van der Waals surface area contributed by atoms with Crippen LogP contribution in [0.5, 0.6) is 0 Å². The maximum atomic E-state index is 12.2. The minimum absolute atomic E-state index is 0.0256. The van der Waals surface area contributed by atoms with Crippen LogP contribution in [0.3, 0.4) is 0 Å². The third-order valence-electron chi connectivity index (χ3n) is 4.26. The summed E-state index contributed by atoms with van der Waals surface area (Å²) in [5.41, 5.74) is 0. The van der Waals surface area contributed by atoms with Gasteiger partial charge in [-0.15, -0.1) is 0 Å². The molecule has 21 heavy (non-hydrogen) atoms. The molecule has 1 fully saturated rings. The van der Waals surface area contributed by atoms with Gasteiger partial charge in [0, 0.05) is 19.8 Å². The molecule has 0 heterocycles. The molecule has 0 radical (unpaired) electrons. The van der Waals surface area contributed by atoms with Gasteiger partial charge >= 0.3 is 5.97 Å². The minimum Gasteiger partial charge on any atom is -0.481 e. The lowest BCUT2D eigenvalue weighted by molar-refractivity contribution is -0.147. The number of rotatable bonds is 8. The number of hydrogen-bond acceptors (Lipinski definition) is 3. The van der Waals surface area contributed by atoms with E-state index < -0.39 is 17.8 Å². The van der Waals surface area contributed by atoms with Crippen LogP contribution >= 0.6 is 0 Å². The summed E-state index contributed by atoms with van der Waals surface area (Å²) in [6.07, 6.45) is 5.51. The normalized spacial score (nSPS) is 30.0. The molecule has 2 aliphatic rings. The zero-order valence-electron chi connectivity index (χ0n) is 12.7. The maximum absolute atomic E-state index is 12.2. The van der Waals surface area contributed by atoms with Gasteiger partial charge in [0.15, 0.2) is 0 Å². The van der Waals surface area contributed by atoms with Gasteiger partial charge in [0.25, 0.3) is 0 Å². The van der Waals surface area contributed by atoms with Gasteiger partial charge in [-0.3, -0.25) is 9.59 Å². The molecule has 2 rings (SSSR count). The highest BCUT2D eigenvalue weighted by molar-refractivity contribution is 5.86. The summed E-state index contributed by atoms with van der Waals surface area (Å²) in [4.78, 5) is 23.6. The van der Waals surface area contributed by atoms with Crippen LogP contribution in [0, 0.1) is 29.6 Å². The zero-order chi connectivity index (χ0) is 15.4. The first-order valence-electron chi connectivity index (χ1n) is 7.77. The van der Waals surface area contributed by atoms with Crippen molar-refractivity contribution in [1.82, 2.24) is 5.32 Å². The van der Waals surface area contributed by atoms with Crippen molar-refractivity contribution in [1.29, 1.82) is 0 Å². The fourth-order valence-corrected chi connectivity index (χ4v) is 3.34. The molecule has 4 atom stereocenters. The van der Waals surface area contributed by atoms with E-state index in [-0.39, 0.29) is 17.7 Å². The average molecular weight is 295 g/mol. The number of ether oxygens (including phenoxy) is 1. The number of aliphatic carboxylic acids is 1. The average Bonchev–Trinajstić information content (AvgIpc) is 3.02. The summed E-state index contributed by atoms with van der Waals surface area (Å²) in [6, 6.07) is 0. The van der Waals surface area contributed by atoms with E-state index in [1.807, 2.05) is 12.2 Å². The summed E-state index contributed by atoms with van der Waals surface area (Å²) >= 11 is 0. The van der Waals surface area contributed by atoms with Crippen LogP contribution in [0.1, 0.15) is 26.7 Å². The van der Waals surface area contributed by atoms with Crippen LogP contribution in [0.2, 0.25) is 0 Å². The summed E-state index contributed by atoms with van der Waals surface area (Å²) in [5, 5.41) is 12.2. The highest BCUT2D eigenvalue weighted by Crippen LogP contribution is 2.48. The molecule has 0 aromatic rings. The Morgan fingerprint density at radius 1 is 1.29 bits per heavy atom. The molecule has 5 nitrogen and oxygen atoms in total. The van der Waals surface area contributed by atoms with Gasteiger partial charge < -0.3 is 15.2 Å². The number of carbonyl (C=O) groups excluding carboxylic acids is 1. The monoisotopic (exact) mass is 295 g/mol. The van der Waals surface area contributed by atoms with Crippen molar-refractivity contribution in [3.63, 3.8) is 0 Å². The first kappa shape index (κ1) is 16.0. The Kier molecular flexibility index (Phi) is 5.39. The third-order valence-corrected chi connectivity index (χ3v) is 4.26.